The van der Waals surface area contributed by atoms with Gasteiger partial charge in [-0.05, 0) is 61.1 Å². The molecule has 2 aromatic carbocycles. The van der Waals surface area contributed by atoms with E-state index in [1.807, 2.05) is 4.90 Å². The summed E-state index contributed by atoms with van der Waals surface area (Å²) >= 11 is 0. The lowest BCUT2D eigenvalue weighted by Gasteiger charge is -2.37. The average molecular weight is 321 g/mol. The topological polar surface area (TPSA) is 29.5 Å². The minimum absolute atomic E-state index is 0.0765. The molecule has 1 heterocycles. The van der Waals surface area contributed by atoms with E-state index in [9.17, 15) is 4.79 Å². The highest BCUT2D eigenvalue weighted by Gasteiger charge is 2.47. The molecule has 0 aromatic heterocycles. The lowest BCUT2D eigenvalue weighted by atomic mass is 9.67. The standard InChI is InChI=1S/C21H23NO2/c1-14-6-9-20-19(11-14)21(13-22(20)15(2)23)10-4-5-16-12-17(24-3)7-8-18(16)21/h6-9,11-12H,4-5,10,13H2,1-3H3. The maximum Gasteiger partial charge on any atom is 0.223 e. The van der Waals surface area contributed by atoms with Gasteiger partial charge in [-0.25, -0.2) is 0 Å². The van der Waals surface area contributed by atoms with E-state index in [-0.39, 0.29) is 11.3 Å². The first-order valence-corrected chi connectivity index (χ1v) is 8.62. The van der Waals surface area contributed by atoms with E-state index in [2.05, 4.69) is 43.3 Å². The minimum atomic E-state index is -0.0765. The first-order valence-electron chi connectivity index (χ1n) is 8.62. The molecule has 0 saturated carbocycles. The third-order valence-electron chi connectivity index (χ3n) is 5.64. The Morgan fingerprint density at radius 1 is 1.17 bits per heavy atom. The highest BCUT2D eigenvalue weighted by Crippen LogP contribution is 2.51. The van der Waals surface area contributed by atoms with Crippen molar-refractivity contribution in [3.8, 4) is 5.75 Å². The second-order valence-corrected chi connectivity index (χ2v) is 7.08. The number of rotatable bonds is 1. The van der Waals surface area contributed by atoms with Gasteiger partial charge in [0.2, 0.25) is 5.91 Å². The van der Waals surface area contributed by atoms with Crippen molar-refractivity contribution in [2.45, 2.75) is 38.5 Å². The predicted octanol–water partition coefficient (Wildman–Crippen LogP) is 3.99. The van der Waals surface area contributed by atoms with Crippen molar-refractivity contribution in [2.24, 2.45) is 0 Å². The molecule has 1 aliphatic heterocycles. The summed E-state index contributed by atoms with van der Waals surface area (Å²) < 4.78 is 5.41. The van der Waals surface area contributed by atoms with Gasteiger partial charge in [0.15, 0.2) is 0 Å². The molecule has 1 amide bonds. The number of carbonyl (C=O) groups excluding carboxylic acids is 1. The molecule has 0 radical (unpaired) electrons. The van der Waals surface area contributed by atoms with Gasteiger partial charge in [-0.15, -0.1) is 0 Å². The quantitative estimate of drug-likeness (QED) is 0.795. The Hall–Kier alpha value is -2.29. The lowest BCUT2D eigenvalue weighted by molar-refractivity contribution is -0.116. The normalized spacial score (nSPS) is 21.5. The summed E-state index contributed by atoms with van der Waals surface area (Å²) in [6.07, 6.45) is 3.31. The molecule has 3 nitrogen and oxygen atoms in total. The lowest BCUT2D eigenvalue weighted by Crippen LogP contribution is -2.39. The molecule has 24 heavy (non-hydrogen) atoms. The maximum atomic E-state index is 12.2. The van der Waals surface area contributed by atoms with Crippen LogP contribution in [0.15, 0.2) is 36.4 Å². The molecule has 0 saturated heterocycles. The Labute approximate surface area is 143 Å². The van der Waals surface area contributed by atoms with E-state index in [1.54, 1.807) is 14.0 Å². The van der Waals surface area contributed by atoms with Gasteiger partial charge >= 0.3 is 0 Å². The number of carbonyl (C=O) groups is 1. The van der Waals surface area contributed by atoms with Crippen molar-refractivity contribution < 1.29 is 9.53 Å². The zero-order chi connectivity index (χ0) is 16.9. The van der Waals surface area contributed by atoms with Gasteiger partial charge in [-0.1, -0.05) is 23.8 Å². The summed E-state index contributed by atoms with van der Waals surface area (Å²) in [5.41, 5.74) is 6.29. The third kappa shape index (κ3) is 2.07. The van der Waals surface area contributed by atoms with Crippen LogP contribution in [0.1, 0.15) is 42.0 Å². The number of nitrogens with zero attached hydrogens (tertiary/aromatic N) is 1. The fraction of sp³-hybridized carbons (Fsp3) is 0.381. The molecule has 0 bridgehead atoms. The summed E-state index contributed by atoms with van der Waals surface area (Å²) in [7, 11) is 1.71. The molecule has 1 aliphatic carbocycles. The van der Waals surface area contributed by atoms with E-state index in [0.29, 0.717) is 0 Å². The Morgan fingerprint density at radius 3 is 2.75 bits per heavy atom. The Kier molecular flexibility index (Phi) is 3.41. The summed E-state index contributed by atoms with van der Waals surface area (Å²) in [4.78, 5) is 14.2. The molecule has 3 heteroatoms. The number of ether oxygens (including phenoxy) is 1. The SMILES string of the molecule is COc1ccc2c(c1)CCCC21CN(C(C)=O)c2ccc(C)cc21. The Morgan fingerprint density at radius 2 is 2.00 bits per heavy atom. The highest BCUT2D eigenvalue weighted by molar-refractivity contribution is 5.95. The van der Waals surface area contributed by atoms with Gasteiger partial charge in [0, 0.05) is 24.6 Å². The summed E-state index contributed by atoms with van der Waals surface area (Å²) in [6, 6.07) is 12.9. The molecule has 2 aliphatic rings. The minimum Gasteiger partial charge on any atom is -0.497 e. The zero-order valence-electron chi connectivity index (χ0n) is 14.6. The first kappa shape index (κ1) is 15.3. The van der Waals surface area contributed by atoms with Crippen LogP contribution in [0.2, 0.25) is 0 Å². The van der Waals surface area contributed by atoms with Crippen LogP contribution in [0, 0.1) is 6.92 Å². The van der Waals surface area contributed by atoms with Crippen molar-refractivity contribution in [2.75, 3.05) is 18.6 Å². The van der Waals surface area contributed by atoms with Crippen molar-refractivity contribution >= 4 is 11.6 Å². The molecule has 4 rings (SSSR count). The molecule has 0 N–H and O–H groups in total. The van der Waals surface area contributed by atoms with Crippen LogP contribution >= 0.6 is 0 Å². The summed E-state index contributed by atoms with van der Waals surface area (Å²) in [5, 5.41) is 0. The second-order valence-electron chi connectivity index (χ2n) is 7.08. The van der Waals surface area contributed by atoms with Crippen LogP contribution in [0.5, 0.6) is 5.75 Å². The van der Waals surface area contributed by atoms with E-state index >= 15 is 0 Å². The van der Waals surface area contributed by atoms with Crippen LogP contribution in [-0.4, -0.2) is 19.6 Å². The fourth-order valence-electron chi connectivity index (χ4n) is 4.52. The maximum absolute atomic E-state index is 12.2. The molecule has 1 spiro atoms. The van der Waals surface area contributed by atoms with Gasteiger partial charge in [-0.2, -0.15) is 0 Å². The number of benzene rings is 2. The van der Waals surface area contributed by atoms with Crippen LogP contribution in [0.4, 0.5) is 5.69 Å². The molecule has 1 atom stereocenters. The van der Waals surface area contributed by atoms with E-state index in [0.717, 1.165) is 37.2 Å². The number of hydrogen-bond acceptors (Lipinski definition) is 2. The molecule has 2 aromatic rings. The van der Waals surface area contributed by atoms with Gasteiger partial charge < -0.3 is 9.64 Å². The Bertz CT molecular complexity index is 827. The van der Waals surface area contributed by atoms with Crippen LogP contribution in [0.25, 0.3) is 0 Å². The highest BCUT2D eigenvalue weighted by atomic mass is 16.5. The number of aryl methyl sites for hydroxylation is 2. The molecular weight excluding hydrogens is 298 g/mol. The number of anilines is 1. The zero-order valence-corrected chi connectivity index (χ0v) is 14.6. The number of amides is 1. The van der Waals surface area contributed by atoms with E-state index < -0.39 is 0 Å². The summed E-state index contributed by atoms with van der Waals surface area (Å²) in [6.45, 7) is 4.54. The fourth-order valence-corrected chi connectivity index (χ4v) is 4.52. The second kappa shape index (κ2) is 5.37. The smallest absolute Gasteiger partial charge is 0.223 e. The van der Waals surface area contributed by atoms with Crippen LogP contribution in [-0.2, 0) is 16.6 Å². The van der Waals surface area contributed by atoms with Gasteiger partial charge in [0.25, 0.3) is 0 Å². The predicted molar refractivity (Wildman–Crippen MR) is 95.9 cm³/mol. The average Bonchev–Trinajstić information content (AvgIpc) is 2.89. The molecule has 124 valence electrons. The largest absolute Gasteiger partial charge is 0.497 e. The monoisotopic (exact) mass is 321 g/mol. The van der Waals surface area contributed by atoms with Crippen molar-refractivity contribution in [1.82, 2.24) is 0 Å². The number of fused-ring (bicyclic) bond motifs is 4. The molecule has 1 unspecified atom stereocenters. The van der Waals surface area contributed by atoms with E-state index in [4.69, 9.17) is 4.74 Å². The van der Waals surface area contributed by atoms with Crippen molar-refractivity contribution in [3.63, 3.8) is 0 Å². The molecular formula is C21H23NO2. The Balaban J connectivity index is 1.94. The molecule has 0 fully saturated rings. The van der Waals surface area contributed by atoms with Crippen molar-refractivity contribution in [3.05, 3.63) is 58.7 Å². The van der Waals surface area contributed by atoms with Gasteiger partial charge in [-0.3, -0.25) is 4.79 Å². The number of hydrogen-bond donors (Lipinski definition) is 0. The van der Waals surface area contributed by atoms with Gasteiger partial charge in [0.1, 0.15) is 5.75 Å². The first-order chi connectivity index (χ1) is 11.5. The summed E-state index contributed by atoms with van der Waals surface area (Å²) in [5.74, 6) is 1.04. The van der Waals surface area contributed by atoms with Crippen molar-refractivity contribution in [1.29, 1.82) is 0 Å². The van der Waals surface area contributed by atoms with Crippen LogP contribution < -0.4 is 9.64 Å². The van der Waals surface area contributed by atoms with Gasteiger partial charge in [0.05, 0.1) is 7.11 Å². The van der Waals surface area contributed by atoms with E-state index in [1.165, 1.54) is 22.3 Å². The number of methoxy groups -OCH3 is 1. The van der Waals surface area contributed by atoms with Crippen LogP contribution in [0.3, 0.4) is 0 Å². The third-order valence-corrected chi connectivity index (χ3v) is 5.64.